The Hall–Kier alpha value is -1.84. The first-order valence-electron chi connectivity index (χ1n) is 5.68. The van der Waals surface area contributed by atoms with Gasteiger partial charge in [0.1, 0.15) is 0 Å². The van der Waals surface area contributed by atoms with Crippen LogP contribution in [0.3, 0.4) is 0 Å². The molecule has 1 fully saturated rings. The summed E-state index contributed by atoms with van der Waals surface area (Å²) >= 11 is 0. The van der Waals surface area contributed by atoms with Gasteiger partial charge in [-0.05, 0) is 43.4 Å². The van der Waals surface area contributed by atoms with E-state index in [2.05, 4.69) is 0 Å². The SMILES string of the molecule is CCOC(=O)c1cccc(C(=O)O)c1C1CC1. The van der Waals surface area contributed by atoms with E-state index in [1.165, 1.54) is 0 Å². The highest BCUT2D eigenvalue weighted by Crippen LogP contribution is 2.43. The predicted molar refractivity (Wildman–Crippen MR) is 61.3 cm³/mol. The summed E-state index contributed by atoms with van der Waals surface area (Å²) in [6, 6.07) is 4.76. The first-order valence-corrected chi connectivity index (χ1v) is 5.68. The Morgan fingerprint density at radius 3 is 2.53 bits per heavy atom. The average Bonchev–Trinajstić information content (AvgIpc) is 3.12. The smallest absolute Gasteiger partial charge is 0.338 e. The largest absolute Gasteiger partial charge is 0.478 e. The van der Waals surface area contributed by atoms with Crippen LogP contribution in [0.5, 0.6) is 0 Å². The van der Waals surface area contributed by atoms with E-state index in [1.54, 1.807) is 25.1 Å². The molecule has 1 aromatic carbocycles. The van der Waals surface area contributed by atoms with Gasteiger partial charge in [0.25, 0.3) is 0 Å². The van der Waals surface area contributed by atoms with Gasteiger partial charge in [-0.15, -0.1) is 0 Å². The maximum Gasteiger partial charge on any atom is 0.338 e. The zero-order valence-electron chi connectivity index (χ0n) is 9.60. The van der Waals surface area contributed by atoms with E-state index in [0.29, 0.717) is 17.7 Å². The van der Waals surface area contributed by atoms with Gasteiger partial charge in [0.05, 0.1) is 17.7 Å². The summed E-state index contributed by atoms with van der Waals surface area (Å²) in [5.74, 6) is -1.22. The topological polar surface area (TPSA) is 63.6 Å². The molecule has 1 N–H and O–H groups in total. The summed E-state index contributed by atoms with van der Waals surface area (Å²) < 4.78 is 4.95. The zero-order chi connectivity index (χ0) is 12.4. The molecule has 0 radical (unpaired) electrons. The van der Waals surface area contributed by atoms with Gasteiger partial charge < -0.3 is 9.84 Å². The lowest BCUT2D eigenvalue weighted by molar-refractivity contribution is 0.0525. The molecule has 0 unspecified atom stereocenters. The van der Waals surface area contributed by atoms with Crippen LogP contribution in [0, 0.1) is 0 Å². The minimum Gasteiger partial charge on any atom is -0.478 e. The molecule has 0 saturated heterocycles. The molecule has 1 aliphatic carbocycles. The molecule has 4 heteroatoms. The van der Waals surface area contributed by atoms with Crippen LogP contribution < -0.4 is 0 Å². The van der Waals surface area contributed by atoms with Crippen molar-refractivity contribution in [2.45, 2.75) is 25.7 Å². The van der Waals surface area contributed by atoms with Crippen molar-refractivity contribution in [3.8, 4) is 0 Å². The predicted octanol–water partition coefficient (Wildman–Crippen LogP) is 2.44. The number of esters is 1. The Balaban J connectivity index is 2.47. The Labute approximate surface area is 99.2 Å². The Morgan fingerprint density at radius 2 is 2.00 bits per heavy atom. The summed E-state index contributed by atoms with van der Waals surface area (Å²) in [7, 11) is 0. The van der Waals surface area contributed by atoms with Crippen molar-refractivity contribution >= 4 is 11.9 Å². The van der Waals surface area contributed by atoms with Crippen molar-refractivity contribution < 1.29 is 19.4 Å². The van der Waals surface area contributed by atoms with E-state index in [4.69, 9.17) is 9.84 Å². The van der Waals surface area contributed by atoms with Crippen molar-refractivity contribution in [1.29, 1.82) is 0 Å². The first-order chi connectivity index (χ1) is 8.15. The fraction of sp³-hybridized carbons (Fsp3) is 0.385. The van der Waals surface area contributed by atoms with E-state index >= 15 is 0 Å². The van der Waals surface area contributed by atoms with Crippen LogP contribution in [0.1, 0.15) is 52.0 Å². The normalized spacial score (nSPS) is 14.4. The number of aromatic carboxylic acids is 1. The monoisotopic (exact) mass is 234 g/mol. The van der Waals surface area contributed by atoms with Gasteiger partial charge in [-0.1, -0.05) is 6.07 Å². The number of carboxylic acid groups (broad SMARTS) is 1. The van der Waals surface area contributed by atoms with Gasteiger partial charge in [-0.25, -0.2) is 9.59 Å². The third-order valence-electron chi connectivity index (χ3n) is 2.82. The molecule has 1 aliphatic rings. The minimum atomic E-state index is -0.988. The fourth-order valence-electron chi connectivity index (χ4n) is 1.95. The van der Waals surface area contributed by atoms with Crippen LogP contribution >= 0.6 is 0 Å². The lowest BCUT2D eigenvalue weighted by Gasteiger charge is -2.10. The molecule has 0 aliphatic heterocycles. The summed E-state index contributed by atoms with van der Waals surface area (Å²) in [4.78, 5) is 22.9. The van der Waals surface area contributed by atoms with Crippen LogP contribution in [-0.2, 0) is 4.74 Å². The van der Waals surface area contributed by atoms with E-state index in [9.17, 15) is 9.59 Å². The second-order valence-corrected chi connectivity index (χ2v) is 4.07. The molecule has 0 amide bonds. The maximum atomic E-state index is 11.8. The molecule has 0 heterocycles. The maximum absolute atomic E-state index is 11.8. The number of carboxylic acids is 1. The molecule has 0 spiro atoms. The quantitative estimate of drug-likeness (QED) is 0.813. The van der Waals surface area contributed by atoms with Crippen molar-refractivity contribution in [2.75, 3.05) is 6.61 Å². The fourth-order valence-corrected chi connectivity index (χ4v) is 1.95. The minimum absolute atomic E-state index is 0.196. The Kier molecular flexibility index (Phi) is 3.13. The van der Waals surface area contributed by atoms with Gasteiger partial charge in [0, 0.05) is 0 Å². The van der Waals surface area contributed by atoms with Crippen LogP contribution in [0.2, 0.25) is 0 Å². The highest BCUT2D eigenvalue weighted by Gasteiger charge is 2.32. The second kappa shape index (κ2) is 4.57. The van der Waals surface area contributed by atoms with Gasteiger partial charge in [0.15, 0.2) is 0 Å². The van der Waals surface area contributed by atoms with E-state index < -0.39 is 11.9 Å². The summed E-state index contributed by atoms with van der Waals surface area (Å²) in [5, 5.41) is 9.13. The van der Waals surface area contributed by atoms with E-state index in [-0.39, 0.29) is 11.5 Å². The van der Waals surface area contributed by atoms with Gasteiger partial charge in [-0.3, -0.25) is 0 Å². The van der Waals surface area contributed by atoms with Gasteiger partial charge in [-0.2, -0.15) is 0 Å². The van der Waals surface area contributed by atoms with Crippen molar-refractivity contribution in [2.24, 2.45) is 0 Å². The average molecular weight is 234 g/mol. The summed E-state index contributed by atoms with van der Waals surface area (Å²) in [6.07, 6.45) is 1.88. The van der Waals surface area contributed by atoms with Gasteiger partial charge >= 0.3 is 11.9 Å². The lowest BCUT2D eigenvalue weighted by Crippen LogP contribution is -2.12. The Bertz CT molecular complexity index is 460. The zero-order valence-corrected chi connectivity index (χ0v) is 9.60. The second-order valence-electron chi connectivity index (χ2n) is 4.07. The molecule has 1 saturated carbocycles. The molecule has 1 aromatic rings. The number of benzene rings is 1. The van der Waals surface area contributed by atoms with Crippen molar-refractivity contribution in [3.05, 3.63) is 34.9 Å². The standard InChI is InChI=1S/C13H14O4/c1-2-17-13(16)10-5-3-4-9(12(14)15)11(10)8-6-7-8/h3-5,8H,2,6-7H2,1H3,(H,14,15). The van der Waals surface area contributed by atoms with Gasteiger partial charge in [0.2, 0.25) is 0 Å². The van der Waals surface area contributed by atoms with Crippen LogP contribution in [0.15, 0.2) is 18.2 Å². The number of carbonyl (C=O) groups excluding carboxylic acids is 1. The van der Waals surface area contributed by atoms with Crippen LogP contribution in [-0.4, -0.2) is 23.7 Å². The molecular formula is C13H14O4. The third kappa shape index (κ3) is 2.30. The highest BCUT2D eigenvalue weighted by atomic mass is 16.5. The molecule has 17 heavy (non-hydrogen) atoms. The highest BCUT2D eigenvalue weighted by molar-refractivity contribution is 5.98. The molecule has 0 aromatic heterocycles. The lowest BCUT2D eigenvalue weighted by atomic mass is 9.97. The molecular weight excluding hydrogens is 220 g/mol. The molecule has 2 rings (SSSR count). The van der Waals surface area contributed by atoms with Crippen molar-refractivity contribution in [1.82, 2.24) is 0 Å². The number of hydrogen-bond donors (Lipinski definition) is 1. The summed E-state index contributed by atoms with van der Waals surface area (Å²) in [5.41, 5.74) is 1.26. The third-order valence-corrected chi connectivity index (χ3v) is 2.82. The van der Waals surface area contributed by atoms with Crippen molar-refractivity contribution in [3.63, 3.8) is 0 Å². The van der Waals surface area contributed by atoms with Crippen LogP contribution in [0.25, 0.3) is 0 Å². The molecule has 0 atom stereocenters. The summed E-state index contributed by atoms with van der Waals surface area (Å²) in [6.45, 7) is 2.02. The molecule has 4 nitrogen and oxygen atoms in total. The van der Waals surface area contributed by atoms with Crippen LogP contribution in [0.4, 0.5) is 0 Å². The Morgan fingerprint density at radius 1 is 1.35 bits per heavy atom. The number of ether oxygens (including phenoxy) is 1. The number of rotatable bonds is 4. The molecule has 90 valence electrons. The van der Waals surface area contributed by atoms with E-state index in [0.717, 1.165) is 12.8 Å². The van der Waals surface area contributed by atoms with E-state index in [1.807, 2.05) is 0 Å². The number of hydrogen-bond acceptors (Lipinski definition) is 3. The first kappa shape index (κ1) is 11.6. The molecule has 0 bridgehead atoms. The number of carbonyl (C=O) groups is 2.